The van der Waals surface area contributed by atoms with Crippen molar-refractivity contribution in [2.24, 2.45) is 0 Å². The molecule has 3 N–H and O–H groups in total. The van der Waals surface area contributed by atoms with E-state index in [1.54, 1.807) is 11.9 Å². The Hall–Kier alpha value is -1.30. The highest BCUT2D eigenvalue weighted by Crippen LogP contribution is 2.21. The van der Waals surface area contributed by atoms with Crippen LogP contribution in [-0.4, -0.2) is 52.9 Å². The van der Waals surface area contributed by atoms with Gasteiger partial charge in [-0.15, -0.1) is 0 Å². The molecule has 18 heavy (non-hydrogen) atoms. The van der Waals surface area contributed by atoms with E-state index in [1.165, 1.54) is 6.42 Å². The molecule has 6 heteroatoms. The Bertz CT molecular complexity index is 290. The molecule has 6 nitrogen and oxygen atoms in total. The summed E-state index contributed by atoms with van der Waals surface area (Å²) in [4.78, 5) is 24.4. The number of urea groups is 1. The Morgan fingerprint density at radius 2 is 1.94 bits per heavy atom. The van der Waals surface area contributed by atoms with E-state index in [1.807, 2.05) is 0 Å². The number of aliphatic carboxylic acids is 1. The number of rotatable bonds is 5. The maximum Gasteiger partial charge on any atom is 0.326 e. The normalized spacial score (nSPS) is 18.1. The fourth-order valence-corrected chi connectivity index (χ4v) is 2.27. The van der Waals surface area contributed by atoms with Crippen molar-refractivity contribution in [2.45, 2.75) is 50.6 Å². The first-order chi connectivity index (χ1) is 8.56. The minimum absolute atomic E-state index is 0.0274. The van der Waals surface area contributed by atoms with Gasteiger partial charge in [-0.1, -0.05) is 19.3 Å². The lowest BCUT2D eigenvalue weighted by atomic mass is 9.95. The molecular formula is C12H22N2O4. The number of carbonyl (C=O) groups is 2. The van der Waals surface area contributed by atoms with Crippen molar-refractivity contribution in [3.63, 3.8) is 0 Å². The van der Waals surface area contributed by atoms with Crippen molar-refractivity contribution in [1.29, 1.82) is 0 Å². The van der Waals surface area contributed by atoms with Crippen molar-refractivity contribution < 1.29 is 19.8 Å². The SMILES string of the molecule is CN(C(=O)NC(CCO)C(=O)O)C1CCCCC1. The van der Waals surface area contributed by atoms with E-state index in [-0.39, 0.29) is 25.1 Å². The fraction of sp³-hybridized carbons (Fsp3) is 0.833. The van der Waals surface area contributed by atoms with Gasteiger partial charge < -0.3 is 20.4 Å². The lowest BCUT2D eigenvalue weighted by Gasteiger charge is -2.32. The van der Waals surface area contributed by atoms with Gasteiger partial charge in [-0.25, -0.2) is 9.59 Å². The van der Waals surface area contributed by atoms with E-state index in [0.29, 0.717) is 0 Å². The second-order valence-electron chi connectivity index (χ2n) is 4.76. The molecule has 1 aliphatic rings. The lowest BCUT2D eigenvalue weighted by molar-refractivity contribution is -0.139. The summed E-state index contributed by atoms with van der Waals surface area (Å²) in [5.41, 5.74) is 0. The van der Waals surface area contributed by atoms with E-state index in [4.69, 9.17) is 10.2 Å². The van der Waals surface area contributed by atoms with Crippen LogP contribution in [0.4, 0.5) is 4.79 Å². The topological polar surface area (TPSA) is 89.9 Å². The van der Waals surface area contributed by atoms with E-state index in [0.717, 1.165) is 25.7 Å². The van der Waals surface area contributed by atoms with Gasteiger partial charge in [0.15, 0.2) is 0 Å². The van der Waals surface area contributed by atoms with Gasteiger partial charge in [0.2, 0.25) is 0 Å². The van der Waals surface area contributed by atoms with Crippen molar-refractivity contribution >= 4 is 12.0 Å². The number of nitrogens with zero attached hydrogens (tertiary/aromatic N) is 1. The zero-order valence-corrected chi connectivity index (χ0v) is 10.8. The Balaban J connectivity index is 2.48. The van der Waals surface area contributed by atoms with Gasteiger partial charge in [0, 0.05) is 26.1 Å². The number of carboxylic acids is 1. The Kier molecular flexibility index (Phi) is 5.91. The van der Waals surface area contributed by atoms with E-state index < -0.39 is 12.0 Å². The quantitative estimate of drug-likeness (QED) is 0.680. The van der Waals surface area contributed by atoms with Crippen LogP contribution in [0.3, 0.4) is 0 Å². The molecule has 0 bridgehead atoms. The number of aliphatic hydroxyl groups excluding tert-OH is 1. The van der Waals surface area contributed by atoms with Crippen LogP contribution >= 0.6 is 0 Å². The monoisotopic (exact) mass is 258 g/mol. The summed E-state index contributed by atoms with van der Waals surface area (Å²) in [5.74, 6) is -1.12. The Labute approximate surface area is 107 Å². The van der Waals surface area contributed by atoms with Crippen LogP contribution in [0.5, 0.6) is 0 Å². The van der Waals surface area contributed by atoms with Crippen LogP contribution in [-0.2, 0) is 4.79 Å². The van der Waals surface area contributed by atoms with Gasteiger partial charge >= 0.3 is 12.0 Å². The molecule has 1 aliphatic carbocycles. The van der Waals surface area contributed by atoms with E-state index in [2.05, 4.69) is 5.32 Å². The Morgan fingerprint density at radius 1 is 1.33 bits per heavy atom. The third kappa shape index (κ3) is 4.18. The van der Waals surface area contributed by atoms with Crippen molar-refractivity contribution in [2.75, 3.05) is 13.7 Å². The third-order valence-electron chi connectivity index (χ3n) is 3.46. The highest BCUT2D eigenvalue weighted by Gasteiger charge is 2.25. The fourth-order valence-electron chi connectivity index (χ4n) is 2.27. The molecule has 0 radical (unpaired) electrons. The molecule has 0 saturated heterocycles. The van der Waals surface area contributed by atoms with Crippen LogP contribution < -0.4 is 5.32 Å². The third-order valence-corrected chi connectivity index (χ3v) is 3.46. The molecule has 1 atom stereocenters. The zero-order chi connectivity index (χ0) is 13.5. The van der Waals surface area contributed by atoms with Crippen molar-refractivity contribution in [1.82, 2.24) is 10.2 Å². The second-order valence-corrected chi connectivity index (χ2v) is 4.76. The summed E-state index contributed by atoms with van der Waals surface area (Å²) in [5, 5.41) is 20.1. The van der Waals surface area contributed by atoms with Crippen LogP contribution in [0.15, 0.2) is 0 Å². The molecule has 0 aromatic rings. The summed E-state index contributed by atoms with van der Waals surface area (Å²) in [6.07, 6.45) is 5.40. The highest BCUT2D eigenvalue weighted by molar-refractivity contribution is 5.82. The molecule has 0 aromatic heterocycles. The van der Waals surface area contributed by atoms with Crippen LogP contribution in [0, 0.1) is 0 Å². The molecule has 1 fully saturated rings. The first-order valence-corrected chi connectivity index (χ1v) is 6.43. The van der Waals surface area contributed by atoms with Gasteiger partial charge in [0.1, 0.15) is 6.04 Å². The predicted octanol–water partition coefficient (Wildman–Crippen LogP) is 0.796. The minimum Gasteiger partial charge on any atom is -0.480 e. The number of amides is 2. The predicted molar refractivity (Wildman–Crippen MR) is 66.3 cm³/mol. The van der Waals surface area contributed by atoms with Crippen LogP contribution in [0.1, 0.15) is 38.5 Å². The molecule has 1 saturated carbocycles. The van der Waals surface area contributed by atoms with Gasteiger partial charge in [-0.3, -0.25) is 0 Å². The minimum atomic E-state index is -1.12. The summed E-state index contributed by atoms with van der Waals surface area (Å²) in [6.45, 7) is -0.260. The van der Waals surface area contributed by atoms with Crippen LogP contribution in [0.2, 0.25) is 0 Å². The largest absolute Gasteiger partial charge is 0.480 e. The van der Waals surface area contributed by atoms with Gasteiger partial charge in [0.25, 0.3) is 0 Å². The van der Waals surface area contributed by atoms with Crippen molar-refractivity contribution in [3.8, 4) is 0 Å². The lowest BCUT2D eigenvalue weighted by Crippen LogP contribution is -2.50. The number of carbonyl (C=O) groups excluding carboxylic acids is 1. The summed E-state index contributed by atoms with van der Waals surface area (Å²) >= 11 is 0. The number of aliphatic hydroxyl groups is 1. The van der Waals surface area contributed by atoms with E-state index in [9.17, 15) is 9.59 Å². The molecule has 1 unspecified atom stereocenters. The summed E-state index contributed by atoms with van der Waals surface area (Å²) in [6, 6.07) is -1.20. The number of hydrogen-bond donors (Lipinski definition) is 3. The van der Waals surface area contributed by atoms with Crippen LogP contribution in [0.25, 0.3) is 0 Å². The average molecular weight is 258 g/mol. The number of carboxylic acid groups (broad SMARTS) is 1. The summed E-state index contributed by atoms with van der Waals surface area (Å²) < 4.78 is 0. The number of hydrogen-bond acceptors (Lipinski definition) is 3. The molecule has 1 rings (SSSR count). The number of nitrogens with one attached hydrogen (secondary N) is 1. The van der Waals surface area contributed by atoms with E-state index >= 15 is 0 Å². The van der Waals surface area contributed by atoms with Gasteiger partial charge in [-0.2, -0.15) is 0 Å². The first kappa shape index (κ1) is 14.8. The maximum absolute atomic E-state index is 11.9. The second kappa shape index (κ2) is 7.20. The van der Waals surface area contributed by atoms with Gasteiger partial charge in [-0.05, 0) is 12.8 Å². The molecule has 0 heterocycles. The maximum atomic E-state index is 11.9. The smallest absolute Gasteiger partial charge is 0.326 e. The standard InChI is InChI=1S/C12H22N2O4/c1-14(9-5-3-2-4-6-9)12(18)13-10(7-8-15)11(16)17/h9-10,15H,2-8H2,1H3,(H,13,18)(H,16,17). The van der Waals surface area contributed by atoms with Crippen molar-refractivity contribution in [3.05, 3.63) is 0 Å². The molecule has 0 aromatic carbocycles. The molecular weight excluding hydrogens is 236 g/mol. The Morgan fingerprint density at radius 3 is 2.44 bits per heavy atom. The molecule has 0 spiro atoms. The highest BCUT2D eigenvalue weighted by atomic mass is 16.4. The first-order valence-electron chi connectivity index (χ1n) is 6.43. The molecule has 104 valence electrons. The summed E-state index contributed by atoms with van der Waals surface area (Å²) in [7, 11) is 1.70. The molecule has 2 amide bonds. The van der Waals surface area contributed by atoms with Gasteiger partial charge in [0.05, 0.1) is 0 Å². The average Bonchev–Trinajstić information content (AvgIpc) is 2.38. The zero-order valence-electron chi connectivity index (χ0n) is 10.8. The molecule has 0 aliphatic heterocycles.